The zero-order valence-electron chi connectivity index (χ0n) is 8.35. The zero-order chi connectivity index (χ0) is 9.59. The van der Waals surface area contributed by atoms with Crippen LogP contribution in [0.1, 0.15) is 46.3 Å². The van der Waals surface area contributed by atoms with E-state index in [1.54, 1.807) is 0 Å². The average molecular weight is 174 g/mol. The molecule has 0 saturated carbocycles. The molecule has 1 nitrogen and oxygen atoms in total. The minimum atomic E-state index is 0.314. The first-order valence-electron chi connectivity index (χ1n) is 4.74. The predicted octanol–water partition coefficient (Wildman–Crippen LogP) is 2.99. The first-order valence-corrected chi connectivity index (χ1v) is 4.74. The molecule has 1 aromatic carbocycles. The van der Waals surface area contributed by atoms with Gasteiger partial charge >= 0.3 is 0 Å². The summed E-state index contributed by atoms with van der Waals surface area (Å²) in [7, 11) is 0. The van der Waals surface area contributed by atoms with Crippen molar-refractivity contribution in [3.05, 3.63) is 34.4 Å². The van der Waals surface area contributed by atoms with Crippen molar-refractivity contribution in [3.8, 4) is 0 Å². The Balaban J connectivity index is 2.69. The number of hydrogen-bond acceptors (Lipinski definition) is 1. The summed E-state index contributed by atoms with van der Waals surface area (Å²) in [6, 6.07) is 4.18. The van der Waals surface area contributed by atoms with E-state index in [9.17, 15) is 4.79 Å². The van der Waals surface area contributed by atoms with Gasteiger partial charge in [0.25, 0.3) is 0 Å². The van der Waals surface area contributed by atoms with E-state index >= 15 is 0 Å². The summed E-state index contributed by atoms with van der Waals surface area (Å²) in [6.45, 7) is 6.27. The minimum Gasteiger partial charge on any atom is -0.294 e. The molecule has 2 rings (SSSR count). The van der Waals surface area contributed by atoms with Crippen LogP contribution >= 0.6 is 0 Å². The Bertz CT molecular complexity index is 377. The molecule has 1 aliphatic carbocycles. The Morgan fingerprint density at radius 3 is 2.69 bits per heavy atom. The quantitative estimate of drug-likeness (QED) is 0.591. The van der Waals surface area contributed by atoms with E-state index < -0.39 is 0 Å². The second-order valence-corrected chi connectivity index (χ2v) is 4.07. The second-order valence-electron chi connectivity index (χ2n) is 4.07. The fraction of sp³-hybridized carbons (Fsp3) is 0.417. The molecule has 68 valence electrons. The van der Waals surface area contributed by atoms with Gasteiger partial charge in [-0.25, -0.2) is 0 Å². The van der Waals surface area contributed by atoms with E-state index in [0.717, 1.165) is 5.56 Å². The van der Waals surface area contributed by atoms with Crippen molar-refractivity contribution in [2.24, 2.45) is 0 Å². The first-order chi connectivity index (χ1) is 6.09. The SMILES string of the molecule is Cc1cc(C)c2c(c1)C(=O)CC2C. The van der Waals surface area contributed by atoms with Crippen LogP contribution in [0.2, 0.25) is 0 Å². The summed E-state index contributed by atoms with van der Waals surface area (Å²) < 4.78 is 0. The number of ketones is 1. The fourth-order valence-electron chi connectivity index (χ4n) is 2.35. The Labute approximate surface area is 78.8 Å². The lowest BCUT2D eigenvalue weighted by Crippen LogP contribution is -1.94. The van der Waals surface area contributed by atoms with Gasteiger partial charge in [0.2, 0.25) is 0 Å². The summed E-state index contributed by atoms with van der Waals surface area (Å²) in [5.74, 6) is 0.734. The number of benzene rings is 1. The van der Waals surface area contributed by atoms with E-state index in [1.807, 2.05) is 13.0 Å². The molecule has 1 aliphatic rings. The topological polar surface area (TPSA) is 17.1 Å². The molecule has 0 aromatic heterocycles. The first kappa shape index (κ1) is 8.49. The van der Waals surface area contributed by atoms with E-state index in [4.69, 9.17) is 0 Å². The van der Waals surface area contributed by atoms with Crippen molar-refractivity contribution in [1.29, 1.82) is 0 Å². The van der Waals surface area contributed by atoms with Crippen LogP contribution in [0.4, 0.5) is 0 Å². The van der Waals surface area contributed by atoms with Crippen molar-refractivity contribution < 1.29 is 4.79 Å². The number of carbonyl (C=O) groups excluding carboxylic acids is 1. The van der Waals surface area contributed by atoms with E-state index in [-0.39, 0.29) is 0 Å². The number of carbonyl (C=O) groups is 1. The lowest BCUT2D eigenvalue weighted by atomic mass is 9.96. The van der Waals surface area contributed by atoms with Crippen LogP contribution in [0, 0.1) is 13.8 Å². The predicted molar refractivity (Wildman–Crippen MR) is 53.3 cm³/mol. The summed E-state index contributed by atoms with van der Waals surface area (Å²) in [6.07, 6.45) is 0.694. The monoisotopic (exact) mass is 174 g/mol. The standard InChI is InChI=1S/C12H14O/c1-7-4-8(2)12-9(3)6-11(13)10(12)5-7/h4-5,9H,6H2,1-3H3. The van der Waals surface area contributed by atoms with Gasteiger partial charge in [-0.1, -0.05) is 18.6 Å². The molecule has 0 spiro atoms. The van der Waals surface area contributed by atoms with Crippen LogP contribution < -0.4 is 0 Å². The van der Waals surface area contributed by atoms with E-state index in [2.05, 4.69) is 19.9 Å². The molecule has 0 bridgehead atoms. The van der Waals surface area contributed by atoms with Crippen LogP contribution in [0.25, 0.3) is 0 Å². The highest BCUT2D eigenvalue weighted by molar-refractivity contribution is 6.01. The Kier molecular flexibility index (Phi) is 1.76. The second kappa shape index (κ2) is 2.69. The van der Waals surface area contributed by atoms with Crippen LogP contribution in [0.3, 0.4) is 0 Å². The maximum absolute atomic E-state index is 11.6. The third-order valence-electron chi connectivity index (χ3n) is 2.82. The number of Topliss-reactive ketones (excluding diaryl/α,β-unsaturated/α-hetero) is 1. The number of fused-ring (bicyclic) bond motifs is 1. The number of rotatable bonds is 0. The summed E-state index contributed by atoms with van der Waals surface area (Å²) in [5.41, 5.74) is 4.70. The van der Waals surface area contributed by atoms with Crippen LogP contribution in [0.5, 0.6) is 0 Å². The van der Waals surface area contributed by atoms with E-state index in [0.29, 0.717) is 18.1 Å². The molecule has 1 unspecified atom stereocenters. The highest BCUT2D eigenvalue weighted by Gasteiger charge is 2.27. The molecule has 0 amide bonds. The van der Waals surface area contributed by atoms with Gasteiger partial charge in [0.1, 0.15) is 0 Å². The lowest BCUT2D eigenvalue weighted by molar-refractivity contribution is 0.0990. The Morgan fingerprint density at radius 2 is 2.00 bits per heavy atom. The van der Waals surface area contributed by atoms with Crippen molar-refractivity contribution in [1.82, 2.24) is 0 Å². The number of aryl methyl sites for hydroxylation is 2. The number of hydrogen-bond donors (Lipinski definition) is 0. The molecular weight excluding hydrogens is 160 g/mol. The largest absolute Gasteiger partial charge is 0.294 e. The van der Waals surface area contributed by atoms with Gasteiger partial charge < -0.3 is 0 Å². The fourth-order valence-corrected chi connectivity index (χ4v) is 2.35. The molecule has 1 aromatic rings. The van der Waals surface area contributed by atoms with Gasteiger partial charge in [-0.3, -0.25) is 4.79 Å². The lowest BCUT2D eigenvalue weighted by Gasteiger charge is -2.08. The normalized spacial score (nSPS) is 20.5. The van der Waals surface area contributed by atoms with Gasteiger partial charge in [0.05, 0.1) is 0 Å². The van der Waals surface area contributed by atoms with Gasteiger partial charge in [0.15, 0.2) is 5.78 Å². The summed E-state index contributed by atoms with van der Waals surface area (Å²) >= 11 is 0. The molecule has 1 atom stereocenters. The van der Waals surface area contributed by atoms with Crippen LogP contribution in [0.15, 0.2) is 12.1 Å². The molecule has 0 N–H and O–H groups in total. The maximum Gasteiger partial charge on any atom is 0.163 e. The van der Waals surface area contributed by atoms with Crippen LogP contribution in [-0.2, 0) is 0 Å². The molecule has 0 heterocycles. The van der Waals surface area contributed by atoms with Gasteiger partial charge in [-0.15, -0.1) is 0 Å². The zero-order valence-corrected chi connectivity index (χ0v) is 8.35. The molecule has 0 fully saturated rings. The third kappa shape index (κ3) is 1.19. The van der Waals surface area contributed by atoms with Crippen molar-refractivity contribution >= 4 is 5.78 Å². The molecule has 13 heavy (non-hydrogen) atoms. The molecular formula is C12H14O. The van der Waals surface area contributed by atoms with E-state index in [1.165, 1.54) is 16.7 Å². The van der Waals surface area contributed by atoms with Gasteiger partial charge in [-0.2, -0.15) is 0 Å². The molecule has 0 radical (unpaired) electrons. The Hall–Kier alpha value is -1.11. The molecule has 1 heteroatoms. The Morgan fingerprint density at radius 1 is 1.31 bits per heavy atom. The average Bonchev–Trinajstić information content (AvgIpc) is 2.27. The minimum absolute atomic E-state index is 0.314. The van der Waals surface area contributed by atoms with Crippen molar-refractivity contribution in [3.63, 3.8) is 0 Å². The third-order valence-corrected chi connectivity index (χ3v) is 2.82. The highest BCUT2D eigenvalue weighted by atomic mass is 16.1. The highest BCUT2D eigenvalue weighted by Crippen LogP contribution is 2.35. The summed E-state index contributed by atoms with van der Waals surface area (Å²) in [5, 5.41) is 0. The van der Waals surface area contributed by atoms with Crippen LogP contribution in [-0.4, -0.2) is 5.78 Å². The van der Waals surface area contributed by atoms with Gasteiger partial charge in [-0.05, 0) is 37.0 Å². The molecule has 0 saturated heterocycles. The van der Waals surface area contributed by atoms with Gasteiger partial charge in [0, 0.05) is 12.0 Å². The van der Waals surface area contributed by atoms with Crippen molar-refractivity contribution in [2.75, 3.05) is 0 Å². The maximum atomic E-state index is 11.6. The van der Waals surface area contributed by atoms with Crippen molar-refractivity contribution in [2.45, 2.75) is 33.1 Å². The molecule has 0 aliphatic heterocycles. The smallest absolute Gasteiger partial charge is 0.163 e. The summed E-state index contributed by atoms with van der Waals surface area (Å²) in [4.78, 5) is 11.6.